The number of rotatable bonds is 5. The van der Waals surface area contributed by atoms with Crippen molar-refractivity contribution < 1.29 is 14.6 Å². The van der Waals surface area contributed by atoms with Gasteiger partial charge in [-0.1, -0.05) is 12.1 Å². The van der Waals surface area contributed by atoms with Crippen molar-refractivity contribution in [2.24, 2.45) is 5.92 Å². The fourth-order valence-corrected chi connectivity index (χ4v) is 4.18. The Kier molecular flexibility index (Phi) is 5.34. The molecule has 0 unspecified atom stereocenters. The molecule has 2 heterocycles. The number of hydrogen-bond donors (Lipinski definition) is 2. The Balaban J connectivity index is 1.39. The number of aliphatic hydroxyl groups is 1. The van der Waals surface area contributed by atoms with E-state index in [4.69, 9.17) is 9.47 Å². The Labute approximate surface area is 160 Å². The monoisotopic (exact) mass is 368 g/mol. The molecule has 2 saturated heterocycles. The van der Waals surface area contributed by atoms with Gasteiger partial charge in [-0.3, -0.25) is 4.90 Å². The van der Waals surface area contributed by atoms with E-state index in [1.807, 2.05) is 36.4 Å². The lowest BCUT2D eigenvalue weighted by Crippen LogP contribution is -2.58. The lowest BCUT2D eigenvalue weighted by Gasteiger charge is -2.47. The molecular formula is C22H28N2O3. The summed E-state index contributed by atoms with van der Waals surface area (Å²) in [6.45, 7) is 4.60. The molecular weight excluding hydrogens is 340 g/mol. The van der Waals surface area contributed by atoms with E-state index in [0.29, 0.717) is 5.92 Å². The maximum Gasteiger partial charge on any atom is 0.127 e. The molecule has 2 aliphatic heterocycles. The van der Waals surface area contributed by atoms with Gasteiger partial charge in [-0.25, -0.2) is 0 Å². The summed E-state index contributed by atoms with van der Waals surface area (Å²) in [5.41, 5.74) is 0.761. The van der Waals surface area contributed by atoms with Crippen LogP contribution in [0.25, 0.3) is 0 Å². The van der Waals surface area contributed by atoms with E-state index < -0.39 is 5.60 Å². The van der Waals surface area contributed by atoms with Crippen LogP contribution in [0.1, 0.15) is 18.4 Å². The Morgan fingerprint density at radius 1 is 1.11 bits per heavy atom. The third kappa shape index (κ3) is 4.26. The average molecular weight is 368 g/mol. The SMILES string of the molecule is COc1ccc(Oc2cccc(CN3CC[C@@]4(O)CCNC[C@H]4C3)c2)cc1. The number of methoxy groups -OCH3 is 1. The molecule has 0 saturated carbocycles. The summed E-state index contributed by atoms with van der Waals surface area (Å²) in [5.74, 6) is 2.77. The molecule has 4 rings (SSSR count). The maximum atomic E-state index is 10.8. The summed E-state index contributed by atoms with van der Waals surface area (Å²) >= 11 is 0. The second-order valence-electron chi connectivity index (χ2n) is 7.66. The second kappa shape index (κ2) is 7.89. The van der Waals surface area contributed by atoms with Crippen LogP contribution in [0.15, 0.2) is 48.5 Å². The zero-order chi connectivity index (χ0) is 18.7. The van der Waals surface area contributed by atoms with Crippen molar-refractivity contribution >= 4 is 0 Å². The lowest BCUT2D eigenvalue weighted by atomic mass is 9.76. The van der Waals surface area contributed by atoms with Gasteiger partial charge < -0.3 is 19.9 Å². The predicted molar refractivity (Wildman–Crippen MR) is 105 cm³/mol. The lowest BCUT2D eigenvalue weighted by molar-refractivity contribution is -0.0899. The Morgan fingerprint density at radius 3 is 2.74 bits per heavy atom. The summed E-state index contributed by atoms with van der Waals surface area (Å²) in [7, 11) is 1.66. The summed E-state index contributed by atoms with van der Waals surface area (Å²) < 4.78 is 11.2. The van der Waals surface area contributed by atoms with Crippen molar-refractivity contribution in [2.75, 3.05) is 33.3 Å². The number of fused-ring (bicyclic) bond motifs is 1. The van der Waals surface area contributed by atoms with Crippen molar-refractivity contribution in [3.8, 4) is 17.2 Å². The minimum Gasteiger partial charge on any atom is -0.497 e. The number of piperidine rings is 2. The molecule has 2 fully saturated rings. The first-order chi connectivity index (χ1) is 13.1. The molecule has 5 heteroatoms. The summed E-state index contributed by atoms with van der Waals surface area (Å²) in [4.78, 5) is 2.44. The average Bonchev–Trinajstić information content (AvgIpc) is 2.69. The third-order valence-corrected chi connectivity index (χ3v) is 5.82. The van der Waals surface area contributed by atoms with Crippen LogP contribution >= 0.6 is 0 Å². The molecule has 2 aromatic carbocycles. The van der Waals surface area contributed by atoms with Gasteiger partial charge in [-0.2, -0.15) is 0 Å². The van der Waals surface area contributed by atoms with Crippen LogP contribution in [0.3, 0.4) is 0 Å². The molecule has 2 N–H and O–H groups in total. The highest BCUT2D eigenvalue weighted by atomic mass is 16.5. The highest BCUT2D eigenvalue weighted by Gasteiger charge is 2.42. The molecule has 0 amide bonds. The van der Waals surface area contributed by atoms with Crippen LogP contribution in [0.4, 0.5) is 0 Å². The predicted octanol–water partition coefficient (Wildman–Crippen LogP) is 3.03. The Morgan fingerprint density at radius 2 is 1.93 bits per heavy atom. The summed E-state index contributed by atoms with van der Waals surface area (Å²) in [6, 6.07) is 15.9. The quantitative estimate of drug-likeness (QED) is 0.850. The number of benzene rings is 2. The normalized spacial score (nSPS) is 25.6. The van der Waals surface area contributed by atoms with E-state index in [9.17, 15) is 5.11 Å². The van der Waals surface area contributed by atoms with E-state index in [1.165, 1.54) is 5.56 Å². The molecule has 0 bridgehead atoms. The van der Waals surface area contributed by atoms with Gasteiger partial charge in [0.25, 0.3) is 0 Å². The van der Waals surface area contributed by atoms with Gasteiger partial charge in [-0.15, -0.1) is 0 Å². The highest BCUT2D eigenvalue weighted by molar-refractivity contribution is 5.36. The van der Waals surface area contributed by atoms with Gasteiger partial charge in [0.15, 0.2) is 0 Å². The fourth-order valence-electron chi connectivity index (χ4n) is 4.18. The van der Waals surface area contributed by atoms with Crippen LogP contribution in [-0.4, -0.2) is 48.9 Å². The van der Waals surface area contributed by atoms with Crippen LogP contribution < -0.4 is 14.8 Å². The van der Waals surface area contributed by atoms with Gasteiger partial charge >= 0.3 is 0 Å². The molecule has 27 heavy (non-hydrogen) atoms. The molecule has 144 valence electrons. The Bertz CT molecular complexity index is 764. The second-order valence-corrected chi connectivity index (χ2v) is 7.66. The van der Waals surface area contributed by atoms with E-state index in [2.05, 4.69) is 22.3 Å². The topological polar surface area (TPSA) is 54.0 Å². The van der Waals surface area contributed by atoms with Crippen LogP contribution in [-0.2, 0) is 6.54 Å². The molecule has 0 radical (unpaired) electrons. The van der Waals surface area contributed by atoms with Crippen LogP contribution in [0.2, 0.25) is 0 Å². The smallest absolute Gasteiger partial charge is 0.127 e. The third-order valence-electron chi connectivity index (χ3n) is 5.82. The maximum absolute atomic E-state index is 10.8. The van der Waals surface area contributed by atoms with E-state index in [-0.39, 0.29) is 0 Å². The zero-order valence-corrected chi connectivity index (χ0v) is 15.9. The molecule has 2 atom stereocenters. The van der Waals surface area contributed by atoms with Gasteiger partial charge in [0.05, 0.1) is 12.7 Å². The van der Waals surface area contributed by atoms with E-state index in [0.717, 1.165) is 62.8 Å². The first-order valence-corrected chi connectivity index (χ1v) is 9.71. The van der Waals surface area contributed by atoms with Crippen molar-refractivity contribution in [3.05, 3.63) is 54.1 Å². The van der Waals surface area contributed by atoms with E-state index in [1.54, 1.807) is 7.11 Å². The minimum absolute atomic E-state index is 0.318. The van der Waals surface area contributed by atoms with Gasteiger partial charge in [0.1, 0.15) is 17.2 Å². The number of hydrogen-bond acceptors (Lipinski definition) is 5. The number of nitrogens with zero attached hydrogens (tertiary/aromatic N) is 1. The summed E-state index contributed by atoms with van der Waals surface area (Å²) in [5, 5.41) is 14.2. The summed E-state index contributed by atoms with van der Waals surface area (Å²) in [6.07, 6.45) is 1.73. The molecule has 2 aromatic rings. The largest absolute Gasteiger partial charge is 0.497 e. The number of nitrogens with one attached hydrogen (secondary N) is 1. The minimum atomic E-state index is -0.471. The van der Waals surface area contributed by atoms with Crippen molar-refractivity contribution in [1.29, 1.82) is 0 Å². The van der Waals surface area contributed by atoms with Gasteiger partial charge in [0.2, 0.25) is 0 Å². The van der Waals surface area contributed by atoms with Crippen LogP contribution in [0, 0.1) is 5.92 Å². The first-order valence-electron chi connectivity index (χ1n) is 9.71. The van der Waals surface area contributed by atoms with Crippen molar-refractivity contribution in [1.82, 2.24) is 10.2 Å². The molecule has 0 aromatic heterocycles. The highest BCUT2D eigenvalue weighted by Crippen LogP contribution is 2.33. The standard InChI is InChI=1S/C22H28N2O3/c1-26-19-5-7-20(8-6-19)27-21-4-2-3-17(13-21)15-24-12-10-22(25)9-11-23-14-18(22)16-24/h2-8,13,18,23,25H,9-12,14-16H2,1H3/t18-,22-/m0/s1. The Hall–Kier alpha value is -2.08. The van der Waals surface area contributed by atoms with Gasteiger partial charge in [0, 0.05) is 32.1 Å². The van der Waals surface area contributed by atoms with Crippen molar-refractivity contribution in [2.45, 2.75) is 25.0 Å². The molecule has 5 nitrogen and oxygen atoms in total. The molecule has 0 spiro atoms. The first kappa shape index (κ1) is 18.3. The zero-order valence-electron chi connectivity index (χ0n) is 15.9. The van der Waals surface area contributed by atoms with Gasteiger partial charge in [-0.05, 0) is 61.3 Å². The van der Waals surface area contributed by atoms with Crippen molar-refractivity contribution in [3.63, 3.8) is 0 Å². The molecule has 2 aliphatic rings. The molecule has 0 aliphatic carbocycles. The fraction of sp³-hybridized carbons (Fsp3) is 0.455. The number of ether oxygens (including phenoxy) is 2. The van der Waals surface area contributed by atoms with E-state index >= 15 is 0 Å². The number of likely N-dealkylation sites (tertiary alicyclic amines) is 1. The van der Waals surface area contributed by atoms with Crippen LogP contribution in [0.5, 0.6) is 17.2 Å².